The van der Waals surface area contributed by atoms with E-state index in [-0.39, 0.29) is 5.91 Å². The number of carbonyl (C=O) groups excluding carboxylic acids is 1. The number of halogens is 2. The number of hydrogen-bond donors (Lipinski definition) is 1. The predicted octanol–water partition coefficient (Wildman–Crippen LogP) is 6.08. The van der Waals surface area contributed by atoms with Gasteiger partial charge in [0.1, 0.15) is 4.88 Å². The molecular formula is C17H13Cl2NOS. The number of hydrogen-bond acceptors (Lipinski definition) is 2. The Morgan fingerprint density at radius 1 is 1.05 bits per heavy atom. The summed E-state index contributed by atoms with van der Waals surface area (Å²) >= 11 is 13.7. The highest BCUT2D eigenvalue weighted by atomic mass is 35.5. The van der Waals surface area contributed by atoms with Crippen LogP contribution in [0.3, 0.4) is 0 Å². The minimum absolute atomic E-state index is 0.202. The summed E-state index contributed by atoms with van der Waals surface area (Å²) in [5.41, 5.74) is 2.98. The number of amides is 1. The van der Waals surface area contributed by atoms with E-state index in [0.29, 0.717) is 14.9 Å². The topological polar surface area (TPSA) is 29.1 Å². The van der Waals surface area contributed by atoms with Gasteiger partial charge in [0.05, 0.1) is 5.02 Å². The third kappa shape index (κ3) is 2.98. The maximum Gasteiger partial charge on any atom is 0.267 e. The van der Waals surface area contributed by atoms with Crippen molar-refractivity contribution < 1.29 is 4.79 Å². The second kappa shape index (κ2) is 5.92. The molecule has 22 heavy (non-hydrogen) atoms. The lowest BCUT2D eigenvalue weighted by Crippen LogP contribution is -2.10. The Kier molecular flexibility index (Phi) is 4.13. The van der Waals surface area contributed by atoms with Crippen molar-refractivity contribution in [1.82, 2.24) is 0 Å². The van der Waals surface area contributed by atoms with Gasteiger partial charge < -0.3 is 5.32 Å². The van der Waals surface area contributed by atoms with Crippen LogP contribution in [0.15, 0.2) is 36.4 Å². The molecule has 0 unspecified atom stereocenters. The molecule has 1 amide bonds. The smallest absolute Gasteiger partial charge is 0.267 e. The lowest BCUT2D eigenvalue weighted by Gasteiger charge is -2.06. The third-order valence-electron chi connectivity index (χ3n) is 3.28. The molecule has 0 saturated heterocycles. The monoisotopic (exact) mass is 349 g/mol. The number of rotatable bonds is 2. The molecule has 1 heterocycles. The number of nitrogens with one attached hydrogen (secondary N) is 1. The fraction of sp³-hybridized carbons (Fsp3) is 0.118. The van der Waals surface area contributed by atoms with Crippen LogP contribution in [0.5, 0.6) is 0 Å². The lowest BCUT2D eigenvalue weighted by molar-refractivity contribution is 0.103. The first-order valence-electron chi connectivity index (χ1n) is 6.71. The Balaban J connectivity index is 1.96. The zero-order chi connectivity index (χ0) is 15.9. The molecule has 3 rings (SSSR count). The van der Waals surface area contributed by atoms with Gasteiger partial charge in [0.25, 0.3) is 5.91 Å². The van der Waals surface area contributed by atoms with Crippen molar-refractivity contribution in [1.29, 1.82) is 0 Å². The molecule has 3 aromatic rings. The fourth-order valence-corrected chi connectivity index (χ4v) is 4.11. The van der Waals surface area contributed by atoms with Gasteiger partial charge in [-0.25, -0.2) is 0 Å². The number of benzene rings is 2. The molecule has 1 N–H and O–H groups in total. The normalized spacial score (nSPS) is 10.9. The van der Waals surface area contributed by atoms with Gasteiger partial charge in [-0.3, -0.25) is 4.79 Å². The van der Waals surface area contributed by atoms with Crippen molar-refractivity contribution in [2.24, 2.45) is 0 Å². The van der Waals surface area contributed by atoms with Gasteiger partial charge in [-0.15, -0.1) is 11.3 Å². The first kappa shape index (κ1) is 15.3. The Morgan fingerprint density at radius 3 is 2.41 bits per heavy atom. The Morgan fingerprint density at radius 2 is 1.73 bits per heavy atom. The fourth-order valence-electron chi connectivity index (χ4n) is 2.42. The molecule has 0 bridgehead atoms. The highest BCUT2D eigenvalue weighted by molar-refractivity contribution is 7.21. The van der Waals surface area contributed by atoms with Crippen molar-refractivity contribution in [3.8, 4) is 0 Å². The minimum atomic E-state index is -0.202. The van der Waals surface area contributed by atoms with Gasteiger partial charge in [0.2, 0.25) is 0 Å². The molecule has 0 spiro atoms. The first-order chi connectivity index (χ1) is 10.4. The minimum Gasteiger partial charge on any atom is -0.321 e. The van der Waals surface area contributed by atoms with Crippen molar-refractivity contribution in [2.75, 3.05) is 5.32 Å². The maximum atomic E-state index is 12.5. The first-order valence-corrected chi connectivity index (χ1v) is 8.28. The summed E-state index contributed by atoms with van der Waals surface area (Å²) in [6, 6.07) is 11.4. The molecule has 0 aliphatic heterocycles. The standard InChI is InChI=1S/C17H13Cl2NOS/c1-9-5-10(2)7-12(6-9)20-17(21)16-15(19)13-4-3-11(18)8-14(13)22-16/h3-8H,1-2H3,(H,20,21). The second-order valence-electron chi connectivity index (χ2n) is 5.22. The van der Waals surface area contributed by atoms with Crippen LogP contribution in [0.25, 0.3) is 10.1 Å². The van der Waals surface area contributed by atoms with E-state index >= 15 is 0 Å². The van der Waals surface area contributed by atoms with Crippen LogP contribution in [-0.2, 0) is 0 Å². The van der Waals surface area contributed by atoms with Crippen LogP contribution >= 0.6 is 34.5 Å². The average molecular weight is 350 g/mol. The summed E-state index contributed by atoms with van der Waals surface area (Å²) in [4.78, 5) is 13.0. The molecule has 0 atom stereocenters. The zero-order valence-electron chi connectivity index (χ0n) is 12.0. The third-order valence-corrected chi connectivity index (χ3v) is 5.17. The van der Waals surface area contributed by atoms with Crippen molar-refractivity contribution in [2.45, 2.75) is 13.8 Å². The van der Waals surface area contributed by atoms with Crippen LogP contribution in [-0.4, -0.2) is 5.91 Å². The molecule has 112 valence electrons. The molecule has 0 radical (unpaired) electrons. The van der Waals surface area contributed by atoms with Crippen molar-refractivity contribution in [3.05, 3.63) is 62.4 Å². The van der Waals surface area contributed by atoms with Crippen LogP contribution in [0, 0.1) is 13.8 Å². The molecule has 0 saturated carbocycles. The number of thiophene rings is 1. The summed E-state index contributed by atoms with van der Waals surface area (Å²) in [6.45, 7) is 3.99. The largest absolute Gasteiger partial charge is 0.321 e. The van der Waals surface area contributed by atoms with E-state index in [4.69, 9.17) is 23.2 Å². The van der Waals surface area contributed by atoms with E-state index in [1.165, 1.54) is 11.3 Å². The van der Waals surface area contributed by atoms with Gasteiger partial charge >= 0.3 is 0 Å². The highest BCUT2D eigenvalue weighted by Gasteiger charge is 2.17. The van der Waals surface area contributed by atoms with Gasteiger partial charge in [-0.05, 0) is 49.2 Å². The van der Waals surface area contributed by atoms with E-state index < -0.39 is 0 Å². The van der Waals surface area contributed by atoms with E-state index in [1.807, 2.05) is 38.1 Å². The summed E-state index contributed by atoms with van der Waals surface area (Å²) < 4.78 is 0.906. The van der Waals surface area contributed by atoms with Crippen LogP contribution in [0.1, 0.15) is 20.8 Å². The van der Waals surface area contributed by atoms with Crippen LogP contribution in [0.4, 0.5) is 5.69 Å². The Hall–Kier alpha value is -1.55. The molecule has 0 aliphatic carbocycles. The van der Waals surface area contributed by atoms with E-state index in [0.717, 1.165) is 26.9 Å². The summed E-state index contributed by atoms with van der Waals surface area (Å²) in [5.74, 6) is -0.202. The zero-order valence-corrected chi connectivity index (χ0v) is 14.4. The van der Waals surface area contributed by atoms with Crippen molar-refractivity contribution >= 4 is 56.2 Å². The van der Waals surface area contributed by atoms with Crippen molar-refractivity contribution in [3.63, 3.8) is 0 Å². The Labute approximate surface area is 142 Å². The number of anilines is 1. The molecule has 2 nitrogen and oxygen atoms in total. The number of carbonyl (C=O) groups is 1. The predicted molar refractivity (Wildman–Crippen MR) is 95.7 cm³/mol. The van der Waals surface area contributed by atoms with Crippen LogP contribution < -0.4 is 5.32 Å². The molecule has 5 heteroatoms. The SMILES string of the molecule is Cc1cc(C)cc(NC(=O)c2sc3cc(Cl)ccc3c2Cl)c1. The molecule has 2 aromatic carbocycles. The van der Waals surface area contributed by atoms with Gasteiger partial charge in [0, 0.05) is 20.8 Å². The molecule has 0 fully saturated rings. The van der Waals surface area contributed by atoms with E-state index in [1.54, 1.807) is 6.07 Å². The average Bonchev–Trinajstić information content (AvgIpc) is 2.74. The van der Waals surface area contributed by atoms with Gasteiger partial charge in [-0.2, -0.15) is 0 Å². The molecule has 1 aromatic heterocycles. The summed E-state index contributed by atoms with van der Waals surface area (Å²) in [7, 11) is 0. The number of fused-ring (bicyclic) bond motifs is 1. The lowest BCUT2D eigenvalue weighted by atomic mass is 10.1. The Bertz CT molecular complexity index is 865. The summed E-state index contributed by atoms with van der Waals surface area (Å²) in [6.07, 6.45) is 0. The molecular weight excluding hydrogens is 337 g/mol. The van der Waals surface area contributed by atoms with Crippen LogP contribution in [0.2, 0.25) is 10.0 Å². The van der Waals surface area contributed by atoms with Gasteiger partial charge in [-0.1, -0.05) is 35.3 Å². The maximum absolute atomic E-state index is 12.5. The van der Waals surface area contributed by atoms with Gasteiger partial charge in [0.15, 0.2) is 0 Å². The highest BCUT2D eigenvalue weighted by Crippen LogP contribution is 2.37. The van der Waals surface area contributed by atoms with E-state index in [9.17, 15) is 4.79 Å². The van der Waals surface area contributed by atoms with E-state index in [2.05, 4.69) is 11.4 Å². The molecule has 0 aliphatic rings. The summed E-state index contributed by atoms with van der Waals surface area (Å²) in [5, 5.41) is 4.86. The second-order valence-corrected chi connectivity index (χ2v) is 7.08. The quantitative estimate of drug-likeness (QED) is 0.596. The number of aryl methyl sites for hydroxylation is 2.